The molecule has 2 rings (SSSR count). The largest absolute Gasteiger partial charge is 0.370 e. The maximum absolute atomic E-state index is 11.3. The first-order chi connectivity index (χ1) is 6.86. The van der Waals surface area contributed by atoms with Crippen LogP contribution in [0, 0.1) is 5.92 Å². The number of hydrogen-bond donors (Lipinski definition) is 2. The molecule has 2 N–H and O–H groups in total. The van der Waals surface area contributed by atoms with E-state index in [0.717, 1.165) is 52.2 Å². The van der Waals surface area contributed by atoms with Gasteiger partial charge in [-0.3, -0.25) is 4.79 Å². The van der Waals surface area contributed by atoms with Crippen molar-refractivity contribution in [2.24, 2.45) is 5.92 Å². The molecule has 1 aliphatic heterocycles. The van der Waals surface area contributed by atoms with Crippen LogP contribution in [0.15, 0.2) is 0 Å². The summed E-state index contributed by atoms with van der Waals surface area (Å²) < 4.78 is 5.27. The number of ether oxygens (including phenoxy) is 1. The van der Waals surface area contributed by atoms with E-state index in [4.69, 9.17) is 4.74 Å². The second-order valence-corrected chi connectivity index (χ2v) is 4.18. The Bertz CT molecular complexity index is 198. The Morgan fingerprint density at radius 3 is 2.71 bits per heavy atom. The zero-order valence-corrected chi connectivity index (χ0v) is 8.55. The van der Waals surface area contributed by atoms with Crippen LogP contribution < -0.4 is 10.2 Å². The standard InChI is InChI=1S/C10H18N2O2/c13-10(9-1-2-9)11-3-4-12-5-7-14-8-6-12/h9H,1-8H2,(H,11,13)/p+1. The fourth-order valence-corrected chi connectivity index (χ4v) is 1.76. The molecule has 1 amide bonds. The van der Waals surface area contributed by atoms with Gasteiger partial charge in [-0.05, 0) is 12.8 Å². The van der Waals surface area contributed by atoms with Crippen molar-refractivity contribution in [2.45, 2.75) is 12.8 Å². The maximum atomic E-state index is 11.3. The Hall–Kier alpha value is -0.610. The van der Waals surface area contributed by atoms with Gasteiger partial charge in [-0.1, -0.05) is 0 Å². The molecule has 1 saturated carbocycles. The van der Waals surface area contributed by atoms with E-state index in [-0.39, 0.29) is 5.91 Å². The molecule has 80 valence electrons. The van der Waals surface area contributed by atoms with Gasteiger partial charge >= 0.3 is 0 Å². The first kappa shape index (κ1) is 9.93. The number of carbonyl (C=O) groups is 1. The van der Waals surface area contributed by atoms with Gasteiger partial charge in [-0.2, -0.15) is 0 Å². The Balaban J connectivity index is 1.54. The van der Waals surface area contributed by atoms with Crippen molar-refractivity contribution in [3.8, 4) is 0 Å². The van der Waals surface area contributed by atoms with Crippen molar-refractivity contribution in [1.82, 2.24) is 5.32 Å². The van der Waals surface area contributed by atoms with Crippen molar-refractivity contribution in [3.63, 3.8) is 0 Å². The van der Waals surface area contributed by atoms with Crippen molar-refractivity contribution >= 4 is 5.91 Å². The molecule has 4 nitrogen and oxygen atoms in total. The third-order valence-electron chi connectivity index (χ3n) is 2.93. The van der Waals surface area contributed by atoms with E-state index >= 15 is 0 Å². The van der Waals surface area contributed by atoms with Crippen molar-refractivity contribution in [1.29, 1.82) is 0 Å². The molecule has 4 heteroatoms. The third kappa shape index (κ3) is 2.96. The van der Waals surface area contributed by atoms with Gasteiger partial charge < -0.3 is 15.0 Å². The molecular formula is C10H19N2O2+. The lowest BCUT2D eigenvalue weighted by Crippen LogP contribution is -3.14. The summed E-state index contributed by atoms with van der Waals surface area (Å²) in [6.45, 7) is 5.77. The van der Waals surface area contributed by atoms with Gasteiger partial charge in [-0.15, -0.1) is 0 Å². The molecular weight excluding hydrogens is 180 g/mol. The number of quaternary nitrogens is 1. The normalized spacial score (nSPS) is 23.4. The maximum Gasteiger partial charge on any atom is 0.223 e. The second kappa shape index (κ2) is 4.75. The summed E-state index contributed by atoms with van der Waals surface area (Å²) in [4.78, 5) is 12.9. The van der Waals surface area contributed by atoms with Crippen molar-refractivity contribution in [3.05, 3.63) is 0 Å². The van der Waals surface area contributed by atoms with Crippen LogP contribution in [0.1, 0.15) is 12.8 Å². The van der Waals surface area contributed by atoms with Gasteiger partial charge in [0, 0.05) is 5.92 Å². The fraction of sp³-hybridized carbons (Fsp3) is 0.900. The molecule has 1 aliphatic carbocycles. The van der Waals surface area contributed by atoms with Gasteiger partial charge in [0.25, 0.3) is 0 Å². The number of amides is 1. The fourth-order valence-electron chi connectivity index (χ4n) is 1.76. The number of hydrogen-bond acceptors (Lipinski definition) is 2. The van der Waals surface area contributed by atoms with E-state index in [1.807, 2.05) is 0 Å². The quantitative estimate of drug-likeness (QED) is 0.574. The smallest absolute Gasteiger partial charge is 0.223 e. The summed E-state index contributed by atoms with van der Waals surface area (Å²) in [5.41, 5.74) is 0. The first-order valence-corrected chi connectivity index (χ1v) is 5.55. The molecule has 1 saturated heterocycles. The molecule has 14 heavy (non-hydrogen) atoms. The number of nitrogens with one attached hydrogen (secondary N) is 2. The molecule has 0 unspecified atom stereocenters. The minimum atomic E-state index is 0.262. The van der Waals surface area contributed by atoms with E-state index in [0.29, 0.717) is 5.92 Å². The Kier molecular flexibility index (Phi) is 3.37. The van der Waals surface area contributed by atoms with Crippen LogP contribution in [0.4, 0.5) is 0 Å². The van der Waals surface area contributed by atoms with Crippen LogP contribution >= 0.6 is 0 Å². The van der Waals surface area contributed by atoms with Crippen molar-refractivity contribution < 1.29 is 14.4 Å². The predicted molar refractivity (Wildman–Crippen MR) is 52.1 cm³/mol. The summed E-state index contributed by atoms with van der Waals surface area (Å²) in [6, 6.07) is 0. The second-order valence-electron chi connectivity index (χ2n) is 4.18. The number of rotatable bonds is 4. The summed E-state index contributed by atoms with van der Waals surface area (Å²) in [5, 5.41) is 2.99. The lowest BCUT2D eigenvalue weighted by Gasteiger charge is -2.23. The zero-order valence-electron chi connectivity index (χ0n) is 8.55. The Morgan fingerprint density at radius 1 is 1.36 bits per heavy atom. The topological polar surface area (TPSA) is 42.8 Å². The van der Waals surface area contributed by atoms with Gasteiger partial charge in [0.2, 0.25) is 5.91 Å². The van der Waals surface area contributed by atoms with Crippen molar-refractivity contribution in [2.75, 3.05) is 39.4 Å². The summed E-state index contributed by atoms with van der Waals surface area (Å²) in [5.74, 6) is 0.604. The summed E-state index contributed by atoms with van der Waals surface area (Å²) in [6.07, 6.45) is 2.19. The lowest BCUT2D eigenvalue weighted by atomic mass is 10.3. The predicted octanol–water partition coefficient (Wildman–Crippen LogP) is -1.57. The molecule has 1 heterocycles. The average molecular weight is 199 g/mol. The first-order valence-electron chi connectivity index (χ1n) is 5.55. The van der Waals surface area contributed by atoms with E-state index in [9.17, 15) is 4.79 Å². The van der Waals surface area contributed by atoms with Gasteiger partial charge in [0.15, 0.2) is 0 Å². The molecule has 2 aliphatic rings. The monoisotopic (exact) mass is 199 g/mol. The average Bonchev–Trinajstić information content (AvgIpc) is 3.02. The Labute approximate surface area is 84.6 Å². The molecule has 0 aromatic carbocycles. The van der Waals surface area contributed by atoms with Crippen LogP contribution in [-0.2, 0) is 9.53 Å². The van der Waals surface area contributed by atoms with Crippen LogP contribution in [0.25, 0.3) is 0 Å². The third-order valence-corrected chi connectivity index (χ3v) is 2.93. The highest BCUT2D eigenvalue weighted by atomic mass is 16.5. The summed E-state index contributed by atoms with van der Waals surface area (Å²) in [7, 11) is 0. The molecule has 0 bridgehead atoms. The van der Waals surface area contributed by atoms with E-state index in [1.165, 1.54) is 0 Å². The van der Waals surface area contributed by atoms with Gasteiger partial charge in [0.05, 0.1) is 26.3 Å². The highest BCUT2D eigenvalue weighted by Crippen LogP contribution is 2.28. The highest BCUT2D eigenvalue weighted by molar-refractivity contribution is 5.80. The summed E-state index contributed by atoms with van der Waals surface area (Å²) >= 11 is 0. The molecule has 0 spiro atoms. The lowest BCUT2D eigenvalue weighted by molar-refractivity contribution is -0.906. The van der Waals surface area contributed by atoms with Crippen LogP contribution in [0.2, 0.25) is 0 Å². The number of carbonyl (C=O) groups excluding carboxylic acids is 1. The van der Waals surface area contributed by atoms with Crippen LogP contribution in [0.5, 0.6) is 0 Å². The van der Waals surface area contributed by atoms with Crippen LogP contribution in [-0.4, -0.2) is 45.3 Å². The molecule has 0 atom stereocenters. The molecule has 0 radical (unpaired) electrons. The van der Waals surface area contributed by atoms with Gasteiger partial charge in [-0.25, -0.2) is 0 Å². The minimum absolute atomic E-state index is 0.262. The van der Waals surface area contributed by atoms with Crippen LogP contribution in [0.3, 0.4) is 0 Å². The molecule has 0 aromatic rings. The van der Waals surface area contributed by atoms with E-state index in [2.05, 4.69) is 5.32 Å². The Morgan fingerprint density at radius 2 is 2.07 bits per heavy atom. The highest BCUT2D eigenvalue weighted by Gasteiger charge is 2.29. The number of morpholine rings is 1. The minimum Gasteiger partial charge on any atom is -0.370 e. The van der Waals surface area contributed by atoms with E-state index < -0.39 is 0 Å². The molecule has 0 aromatic heterocycles. The van der Waals surface area contributed by atoms with E-state index in [1.54, 1.807) is 4.90 Å². The van der Waals surface area contributed by atoms with Gasteiger partial charge in [0.1, 0.15) is 13.1 Å². The zero-order chi connectivity index (χ0) is 9.80. The SMILES string of the molecule is O=C(NCC[NH+]1CCOCC1)C1CC1. The molecule has 2 fully saturated rings.